The van der Waals surface area contributed by atoms with E-state index in [0.717, 1.165) is 17.7 Å². The third-order valence-corrected chi connectivity index (χ3v) is 7.69. The zero-order valence-electron chi connectivity index (χ0n) is 23.8. The van der Waals surface area contributed by atoms with Gasteiger partial charge in [-0.2, -0.15) is 13.2 Å². The standard InChI is InChI=1S/C30H34F3N5O3S/c1-20(2)17-38(28(41)25-10-5-4-7-21(25)3)18-26(39)35-29-34-23(19-42-29)16-27(40)37-13-11-36(12-14-37)24-9-6-8-22(15-24)30(31,32)33/h4-10,15,19-20H,11-14,16-18H2,1-3H3,(H,34,35,39). The lowest BCUT2D eigenvalue weighted by Gasteiger charge is -2.36. The van der Waals surface area contributed by atoms with Crippen molar-refractivity contribution in [2.45, 2.75) is 33.4 Å². The smallest absolute Gasteiger partial charge is 0.368 e. The van der Waals surface area contributed by atoms with E-state index in [1.54, 1.807) is 28.5 Å². The van der Waals surface area contributed by atoms with Gasteiger partial charge in [0, 0.05) is 49.4 Å². The van der Waals surface area contributed by atoms with Crippen molar-refractivity contribution in [3.8, 4) is 0 Å². The molecule has 0 unspecified atom stereocenters. The highest BCUT2D eigenvalue weighted by Gasteiger charge is 2.31. The van der Waals surface area contributed by atoms with Crippen molar-refractivity contribution in [2.75, 3.05) is 49.5 Å². The number of aryl methyl sites for hydroxylation is 1. The molecule has 0 spiro atoms. The molecule has 2 aromatic carbocycles. The van der Waals surface area contributed by atoms with E-state index >= 15 is 0 Å². The number of nitrogens with one attached hydrogen (secondary N) is 1. The summed E-state index contributed by atoms with van der Waals surface area (Å²) < 4.78 is 39.2. The van der Waals surface area contributed by atoms with Crippen molar-refractivity contribution < 1.29 is 27.6 Å². The quantitative estimate of drug-likeness (QED) is 0.369. The summed E-state index contributed by atoms with van der Waals surface area (Å²) in [5.41, 5.74) is 1.68. The summed E-state index contributed by atoms with van der Waals surface area (Å²) in [6.07, 6.45) is -4.37. The topological polar surface area (TPSA) is 85.8 Å². The summed E-state index contributed by atoms with van der Waals surface area (Å²) in [5.74, 6) is -0.574. The van der Waals surface area contributed by atoms with Crippen LogP contribution in [0.5, 0.6) is 0 Å². The fourth-order valence-electron chi connectivity index (χ4n) is 4.78. The van der Waals surface area contributed by atoms with Gasteiger partial charge in [-0.3, -0.25) is 14.4 Å². The lowest BCUT2D eigenvalue weighted by atomic mass is 10.1. The zero-order valence-corrected chi connectivity index (χ0v) is 24.6. The van der Waals surface area contributed by atoms with Gasteiger partial charge in [0.2, 0.25) is 11.8 Å². The molecular formula is C30H34F3N5O3S. The number of hydrogen-bond acceptors (Lipinski definition) is 6. The molecule has 0 atom stereocenters. The number of nitrogens with zero attached hydrogens (tertiary/aromatic N) is 4. The van der Waals surface area contributed by atoms with Crippen LogP contribution in [-0.2, 0) is 22.2 Å². The van der Waals surface area contributed by atoms with Crippen LogP contribution in [0.15, 0.2) is 53.9 Å². The van der Waals surface area contributed by atoms with Crippen molar-refractivity contribution in [1.29, 1.82) is 0 Å². The number of aromatic nitrogens is 1. The van der Waals surface area contributed by atoms with Gasteiger partial charge in [0.1, 0.15) is 6.54 Å². The molecule has 12 heteroatoms. The number of carbonyl (C=O) groups excluding carboxylic acids is 3. The van der Waals surface area contributed by atoms with Gasteiger partial charge in [-0.15, -0.1) is 11.3 Å². The molecule has 4 rings (SSSR count). The molecule has 1 N–H and O–H groups in total. The summed E-state index contributed by atoms with van der Waals surface area (Å²) in [6, 6.07) is 12.5. The molecule has 0 saturated carbocycles. The Kier molecular flexibility index (Phi) is 9.87. The molecular weight excluding hydrogens is 567 g/mol. The van der Waals surface area contributed by atoms with Crippen molar-refractivity contribution >= 4 is 39.9 Å². The maximum absolute atomic E-state index is 13.2. The van der Waals surface area contributed by atoms with E-state index in [2.05, 4.69) is 10.3 Å². The molecule has 224 valence electrons. The molecule has 1 aliphatic rings. The SMILES string of the molecule is Cc1ccccc1C(=O)N(CC(=O)Nc1nc(CC(=O)N2CCN(c3cccc(C(F)(F)F)c3)CC2)cs1)CC(C)C. The van der Waals surface area contributed by atoms with E-state index < -0.39 is 11.7 Å². The molecule has 0 aliphatic carbocycles. The third kappa shape index (κ3) is 8.09. The Balaban J connectivity index is 1.29. The molecule has 3 aromatic rings. The predicted molar refractivity (Wildman–Crippen MR) is 157 cm³/mol. The predicted octanol–water partition coefficient (Wildman–Crippen LogP) is 5.10. The van der Waals surface area contributed by atoms with E-state index in [0.29, 0.717) is 54.8 Å². The number of rotatable bonds is 9. The van der Waals surface area contributed by atoms with Gasteiger partial charge in [-0.1, -0.05) is 38.1 Å². The fourth-order valence-corrected chi connectivity index (χ4v) is 5.51. The maximum atomic E-state index is 13.2. The molecule has 0 bridgehead atoms. The molecule has 1 saturated heterocycles. The van der Waals surface area contributed by atoms with Crippen LogP contribution in [0.4, 0.5) is 24.0 Å². The molecule has 1 fully saturated rings. The third-order valence-electron chi connectivity index (χ3n) is 6.88. The Bertz CT molecular complexity index is 1420. The van der Waals surface area contributed by atoms with E-state index in [9.17, 15) is 27.6 Å². The first-order valence-electron chi connectivity index (χ1n) is 13.7. The first kappa shape index (κ1) is 31.0. The minimum absolute atomic E-state index is 0.0428. The average molecular weight is 602 g/mol. The number of amides is 3. The normalized spacial score (nSPS) is 13.8. The summed E-state index contributed by atoms with van der Waals surface area (Å²) in [6.45, 7) is 7.69. The zero-order chi connectivity index (χ0) is 30.4. The Morgan fingerprint density at radius 3 is 2.43 bits per heavy atom. The summed E-state index contributed by atoms with van der Waals surface area (Å²) in [4.78, 5) is 48.3. The van der Waals surface area contributed by atoms with Crippen molar-refractivity contribution in [1.82, 2.24) is 14.8 Å². The Morgan fingerprint density at radius 2 is 1.76 bits per heavy atom. The van der Waals surface area contributed by atoms with Gasteiger partial charge in [-0.05, 0) is 42.7 Å². The number of piperazine rings is 1. The number of carbonyl (C=O) groups is 3. The van der Waals surface area contributed by atoms with Crippen LogP contribution in [0.25, 0.3) is 0 Å². The van der Waals surface area contributed by atoms with Crippen LogP contribution < -0.4 is 10.2 Å². The van der Waals surface area contributed by atoms with Crippen LogP contribution >= 0.6 is 11.3 Å². The van der Waals surface area contributed by atoms with Crippen LogP contribution in [0, 0.1) is 12.8 Å². The lowest BCUT2D eigenvalue weighted by Crippen LogP contribution is -2.49. The van der Waals surface area contributed by atoms with E-state index in [1.807, 2.05) is 37.8 Å². The van der Waals surface area contributed by atoms with Gasteiger partial charge in [0.25, 0.3) is 5.91 Å². The van der Waals surface area contributed by atoms with Gasteiger partial charge < -0.3 is 20.0 Å². The first-order chi connectivity index (χ1) is 19.9. The summed E-state index contributed by atoms with van der Waals surface area (Å²) >= 11 is 1.20. The molecule has 1 aliphatic heterocycles. The minimum Gasteiger partial charge on any atom is -0.368 e. The molecule has 8 nitrogen and oxygen atoms in total. The number of hydrogen-bond donors (Lipinski definition) is 1. The van der Waals surface area contributed by atoms with Gasteiger partial charge >= 0.3 is 6.18 Å². The average Bonchev–Trinajstić information content (AvgIpc) is 3.38. The number of anilines is 2. The number of thiazole rings is 1. The lowest BCUT2D eigenvalue weighted by molar-refractivity contribution is -0.137. The number of alkyl halides is 3. The first-order valence-corrected chi connectivity index (χ1v) is 14.6. The van der Waals surface area contributed by atoms with Gasteiger partial charge in [0.05, 0.1) is 17.7 Å². The number of halogens is 3. The highest BCUT2D eigenvalue weighted by molar-refractivity contribution is 7.13. The van der Waals surface area contributed by atoms with Crippen molar-refractivity contribution in [3.63, 3.8) is 0 Å². The Morgan fingerprint density at radius 1 is 1.05 bits per heavy atom. The minimum atomic E-state index is -4.41. The molecule has 0 radical (unpaired) electrons. The van der Waals surface area contributed by atoms with Crippen LogP contribution in [-0.4, -0.2) is 71.8 Å². The van der Waals surface area contributed by atoms with E-state index in [-0.39, 0.29) is 36.6 Å². The maximum Gasteiger partial charge on any atom is 0.416 e. The van der Waals surface area contributed by atoms with E-state index in [1.165, 1.54) is 22.3 Å². The fraction of sp³-hybridized carbons (Fsp3) is 0.400. The summed E-state index contributed by atoms with van der Waals surface area (Å²) in [7, 11) is 0. The van der Waals surface area contributed by atoms with E-state index in [4.69, 9.17) is 0 Å². The van der Waals surface area contributed by atoms with Crippen molar-refractivity contribution in [3.05, 3.63) is 76.3 Å². The van der Waals surface area contributed by atoms with Crippen LogP contribution in [0.1, 0.15) is 41.0 Å². The Labute approximate surface area is 247 Å². The van der Waals surface area contributed by atoms with Gasteiger partial charge in [0.15, 0.2) is 5.13 Å². The highest BCUT2D eigenvalue weighted by atomic mass is 32.1. The summed E-state index contributed by atoms with van der Waals surface area (Å²) in [5, 5.41) is 4.78. The second-order valence-electron chi connectivity index (χ2n) is 10.7. The second-order valence-corrected chi connectivity index (χ2v) is 11.5. The monoisotopic (exact) mass is 601 g/mol. The molecule has 3 amide bonds. The Hall–Kier alpha value is -3.93. The second kappa shape index (κ2) is 13.4. The largest absolute Gasteiger partial charge is 0.416 e. The van der Waals surface area contributed by atoms with Crippen LogP contribution in [0.2, 0.25) is 0 Å². The molecule has 42 heavy (non-hydrogen) atoms. The number of benzene rings is 2. The highest BCUT2D eigenvalue weighted by Crippen LogP contribution is 2.32. The molecule has 1 aromatic heterocycles. The van der Waals surface area contributed by atoms with Crippen molar-refractivity contribution in [2.24, 2.45) is 5.92 Å². The van der Waals surface area contributed by atoms with Crippen LogP contribution in [0.3, 0.4) is 0 Å². The van der Waals surface area contributed by atoms with Gasteiger partial charge in [-0.25, -0.2) is 4.98 Å². The molecule has 2 heterocycles.